The Morgan fingerprint density at radius 2 is 1.56 bits per heavy atom. The van der Waals surface area contributed by atoms with E-state index in [-0.39, 0.29) is 36.2 Å². The van der Waals surface area contributed by atoms with Gasteiger partial charge in [-0.25, -0.2) is 9.59 Å². The molecule has 0 spiro atoms. The third-order valence-electron chi connectivity index (χ3n) is 13.5. The summed E-state index contributed by atoms with van der Waals surface area (Å²) in [5.74, 6) is -6.55. The molecule has 2 saturated carbocycles. The number of unbranched alkanes of at least 4 members (excludes halogenated alkanes) is 2. The summed E-state index contributed by atoms with van der Waals surface area (Å²) in [5.41, 5.74) is -7.12. The smallest absolute Gasteiger partial charge is 0.338 e. The van der Waals surface area contributed by atoms with Crippen LogP contribution in [0.1, 0.15) is 109 Å². The van der Waals surface area contributed by atoms with Gasteiger partial charge >= 0.3 is 23.9 Å². The van der Waals surface area contributed by atoms with Crippen LogP contribution in [0.25, 0.3) is 0 Å². The average molecular weight is 848 g/mol. The van der Waals surface area contributed by atoms with Gasteiger partial charge in [-0.15, -0.1) is 0 Å². The van der Waals surface area contributed by atoms with Crippen molar-refractivity contribution in [2.24, 2.45) is 16.7 Å². The lowest BCUT2D eigenvalue weighted by molar-refractivity contribution is -0.346. The molecule has 0 unspecified atom stereocenters. The number of carbonyl (C=O) groups is 6. The van der Waals surface area contributed by atoms with E-state index in [2.05, 4.69) is 5.32 Å². The number of fused-ring (bicyclic) bond motifs is 5. The summed E-state index contributed by atoms with van der Waals surface area (Å²) in [4.78, 5) is 83.0. The van der Waals surface area contributed by atoms with Gasteiger partial charge in [0.05, 0.1) is 35.6 Å². The van der Waals surface area contributed by atoms with Crippen molar-refractivity contribution in [1.82, 2.24) is 5.32 Å². The van der Waals surface area contributed by atoms with E-state index in [1.54, 1.807) is 62.4 Å². The summed E-state index contributed by atoms with van der Waals surface area (Å²) in [7, 11) is 0. The Hall–Kier alpha value is -4.96. The third kappa shape index (κ3) is 8.01. The number of aliphatic hydroxyl groups is 3. The summed E-state index contributed by atoms with van der Waals surface area (Å²) in [5, 5.41) is 40.2. The van der Waals surface area contributed by atoms with Crippen LogP contribution in [0.5, 0.6) is 0 Å². The van der Waals surface area contributed by atoms with Gasteiger partial charge in [0.2, 0.25) is 5.91 Å². The van der Waals surface area contributed by atoms with Gasteiger partial charge in [-0.3, -0.25) is 19.2 Å². The van der Waals surface area contributed by atoms with Crippen molar-refractivity contribution < 1.29 is 67.8 Å². The van der Waals surface area contributed by atoms with Crippen LogP contribution in [-0.2, 0) is 47.7 Å². The van der Waals surface area contributed by atoms with Crippen LogP contribution in [0.15, 0.2) is 71.8 Å². The monoisotopic (exact) mass is 847 g/mol. The highest BCUT2D eigenvalue weighted by Gasteiger charge is 2.78. The van der Waals surface area contributed by atoms with Crippen LogP contribution in [0.4, 0.5) is 0 Å². The summed E-state index contributed by atoms with van der Waals surface area (Å²) < 4.78 is 30.3. The van der Waals surface area contributed by atoms with Gasteiger partial charge < -0.3 is 44.3 Å². The van der Waals surface area contributed by atoms with Crippen molar-refractivity contribution in [1.29, 1.82) is 0 Å². The fourth-order valence-electron chi connectivity index (χ4n) is 10.1. The molecule has 2 aromatic rings. The molecule has 3 fully saturated rings. The number of ether oxygens (including phenoxy) is 5. The van der Waals surface area contributed by atoms with Crippen molar-refractivity contribution in [2.45, 2.75) is 141 Å². The average Bonchev–Trinajstić information content (AvgIpc) is 3.21. The van der Waals surface area contributed by atoms with Crippen LogP contribution < -0.4 is 5.32 Å². The number of hydrogen-bond acceptors (Lipinski definition) is 14. The number of nitrogens with one attached hydrogen (secondary N) is 1. The van der Waals surface area contributed by atoms with Crippen molar-refractivity contribution >= 4 is 35.6 Å². The van der Waals surface area contributed by atoms with E-state index in [1.165, 1.54) is 26.0 Å². The zero-order valence-electron chi connectivity index (χ0n) is 35.7. The number of hydrogen-bond donors (Lipinski definition) is 4. The minimum Gasteiger partial charge on any atom is -0.456 e. The van der Waals surface area contributed by atoms with Gasteiger partial charge in [0, 0.05) is 38.5 Å². The fraction of sp³-hybridized carbons (Fsp3) is 0.565. The summed E-state index contributed by atoms with van der Waals surface area (Å²) >= 11 is 0. The van der Waals surface area contributed by atoms with Crippen LogP contribution in [0.3, 0.4) is 0 Å². The summed E-state index contributed by atoms with van der Waals surface area (Å²) in [6, 6.07) is 15.0. The Kier molecular flexibility index (Phi) is 13.0. The molecule has 15 nitrogen and oxygen atoms in total. The quantitative estimate of drug-likeness (QED) is 0.0969. The first kappa shape index (κ1) is 45.6. The molecule has 3 aliphatic carbocycles. The van der Waals surface area contributed by atoms with Crippen molar-refractivity contribution in [3.05, 3.63) is 82.9 Å². The Balaban J connectivity index is 1.52. The maximum Gasteiger partial charge on any atom is 0.338 e. The number of amides is 1. The minimum absolute atomic E-state index is 0.0127. The van der Waals surface area contributed by atoms with Gasteiger partial charge in [-0.1, -0.05) is 82.1 Å². The zero-order chi connectivity index (χ0) is 44.7. The SMILES string of the molecule is CCCCCC(=O)N[C@@H](c1ccccc1)[C@@H](O)C(=O)O[C@H]1C[C@]2(O)[C@@H](OC(=O)c3ccccc3)[C@@H]3[C@]4(OC(C)=O)CO[C@@H]4C[C@H](O)[C@@]3(C)C(=O)[C@H](OC(C)=O)C(=C1C)C2(C)C. The molecule has 1 saturated heterocycles. The van der Waals surface area contributed by atoms with Crippen molar-refractivity contribution in [3.63, 3.8) is 0 Å². The molecule has 6 rings (SSSR count). The lowest BCUT2D eigenvalue weighted by atomic mass is 9.44. The number of Topliss-reactive ketones (excluding diaryl/α,β-unsaturated/α-hetero) is 1. The number of aliphatic hydroxyl groups excluding tert-OH is 2. The first-order chi connectivity index (χ1) is 28.7. The summed E-state index contributed by atoms with van der Waals surface area (Å²) in [6.45, 7) is 10.0. The molecule has 2 aromatic carbocycles. The highest BCUT2D eigenvalue weighted by atomic mass is 16.6. The van der Waals surface area contributed by atoms with E-state index in [0.717, 1.165) is 26.7 Å². The molecule has 1 heterocycles. The third-order valence-corrected chi connectivity index (χ3v) is 13.5. The fourth-order valence-corrected chi connectivity index (χ4v) is 10.1. The first-order valence-corrected chi connectivity index (χ1v) is 20.9. The van der Waals surface area contributed by atoms with Crippen LogP contribution >= 0.6 is 0 Å². The van der Waals surface area contributed by atoms with Crippen molar-refractivity contribution in [3.8, 4) is 0 Å². The Labute approximate surface area is 355 Å². The standard InChI is InChI=1S/C46H57NO14/c1-8-9-12-21-33(51)47-35(28-17-13-10-14-18-28)36(52)42(55)59-30-23-46(56)40(60-41(54)29-19-15-11-16-20-29)38-44(7,31(50)22-32-45(38,24-57-32)61-27(4)49)39(53)37(58-26(3)48)34(25(30)2)43(46,5)6/h10-11,13-20,30-32,35-38,40,50,52,56H,8-9,12,21-24H2,1-7H3,(H,47,51)/t30-,31-,32+,35-,36+,37+,38-,40-,44+,45-,46-/m0/s1. The minimum atomic E-state index is -2.37. The maximum absolute atomic E-state index is 15.5. The number of rotatable bonds is 13. The first-order valence-electron chi connectivity index (χ1n) is 20.9. The lowest BCUT2D eigenvalue weighted by Gasteiger charge is -2.67. The molecule has 4 N–H and O–H groups in total. The summed E-state index contributed by atoms with van der Waals surface area (Å²) in [6.07, 6.45) is -7.92. The topological polar surface area (TPSA) is 221 Å². The normalized spacial score (nSPS) is 32.3. The number of benzene rings is 2. The number of ketones is 1. The molecular formula is C46H57NO14. The van der Waals surface area contributed by atoms with E-state index in [1.807, 2.05) is 6.92 Å². The Morgan fingerprint density at radius 1 is 0.918 bits per heavy atom. The lowest BCUT2D eigenvalue weighted by Crippen LogP contribution is -2.82. The second kappa shape index (κ2) is 17.4. The molecule has 15 heteroatoms. The molecule has 11 atom stereocenters. The number of esters is 4. The molecule has 0 aromatic heterocycles. The maximum atomic E-state index is 15.5. The van der Waals surface area contributed by atoms with Gasteiger partial charge in [0.15, 0.2) is 23.6 Å². The molecule has 0 radical (unpaired) electrons. The van der Waals surface area contributed by atoms with Crippen LogP contribution in [-0.4, -0.2) is 105 Å². The van der Waals surface area contributed by atoms with Crippen LogP contribution in [0.2, 0.25) is 0 Å². The predicted octanol–water partition coefficient (Wildman–Crippen LogP) is 4.00. The van der Waals surface area contributed by atoms with Crippen LogP contribution in [0, 0.1) is 16.7 Å². The highest BCUT2D eigenvalue weighted by Crippen LogP contribution is 2.64. The van der Waals surface area contributed by atoms with E-state index >= 15 is 4.79 Å². The molecule has 1 aliphatic heterocycles. The molecule has 4 aliphatic rings. The molecule has 2 bridgehead atoms. The Morgan fingerprint density at radius 3 is 2.13 bits per heavy atom. The van der Waals surface area contributed by atoms with E-state index < -0.39 is 113 Å². The highest BCUT2D eigenvalue weighted by molar-refractivity contribution is 5.95. The van der Waals surface area contributed by atoms with Gasteiger partial charge in [0.25, 0.3) is 0 Å². The van der Waals surface area contributed by atoms with E-state index in [9.17, 15) is 39.3 Å². The zero-order valence-corrected chi connectivity index (χ0v) is 35.7. The second-order valence-corrected chi connectivity index (χ2v) is 17.5. The van der Waals surface area contributed by atoms with Gasteiger partial charge in [-0.2, -0.15) is 0 Å². The predicted molar refractivity (Wildman–Crippen MR) is 216 cm³/mol. The Bertz CT molecular complexity index is 2050. The molecule has 1 amide bonds. The molecular weight excluding hydrogens is 790 g/mol. The molecule has 330 valence electrons. The van der Waals surface area contributed by atoms with E-state index in [4.69, 9.17) is 23.7 Å². The number of carbonyl (C=O) groups excluding carboxylic acids is 6. The largest absolute Gasteiger partial charge is 0.456 e. The molecule has 61 heavy (non-hydrogen) atoms. The van der Waals surface area contributed by atoms with Gasteiger partial charge in [0.1, 0.15) is 23.9 Å². The van der Waals surface area contributed by atoms with Crippen molar-refractivity contribution in [2.75, 3.05) is 6.61 Å². The van der Waals surface area contributed by atoms with Gasteiger partial charge in [-0.05, 0) is 49.1 Å². The van der Waals surface area contributed by atoms with E-state index in [0.29, 0.717) is 12.0 Å². The second-order valence-electron chi connectivity index (χ2n) is 17.5.